The molecule has 16 heteroatoms. The Hall–Kier alpha value is -5.12. The van der Waals surface area contributed by atoms with Gasteiger partial charge in [0.05, 0.1) is 23.8 Å². The summed E-state index contributed by atoms with van der Waals surface area (Å²) >= 11 is 0. The van der Waals surface area contributed by atoms with E-state index in [0.29, 0.717) is 67.4 Å². The summed E-state index contributed by atoms with van der Waals surface area (Å²) in [6.45, 7) is 7.86. The van der Waals surface area contributed by atoms with Gasteiger partial charge in [0.25, 0.3) is 0 Å². The van der Waals surface area contributed by atoms with Crippen molar-refractivity contribution in [2.75, 3.05) is 59.7 Å². The van der Waals surface area contributed by atoms with E-state index in [2.05, 4.69) is 30.5 Å². The Morgan fingerprint density at radius 1 is 0.863 bits per heavy atom. The molecule has 13 nitrogen and oxygen atoms in total. The molecule has 2 bridgehead atoms. The fourth-order valence-electron chi connectivity index (χ4n) is 6.61. The summed E-state index contributed by atoms with van der Waals surface area (Å²) in [4.78, 5) is 40.5. The first-order valence-electron chi connectivity index (χ1n) is 17.0. The average Bonchev–Trinajstić information content (AvgIpc) is 3.64. The Balaban J connectivity index is 0.997. The Morgan fingerprint density at radius 2 is 1.47 bits per heavy atom. The van der Waals surface area contributed by atoms with Crippen molar-refractivity contribution in [3.63, 3.8) is 0 Å². The second-order valence-corrected chi connectivity index (χ2v) is 14.0. The number of nitrogens with one attached hydrogen (secondary N) is 2. The number of carbonyl (C=O) groups is 2. The molecule has 3 saturated heterocycles. The molecule has 270 valence electrons. The van der Waals surface area contributed by atoms with Crippen LogP contribution >= 0.6 is 0 Å². The number of morpholine rings is 1. The zero-order valence-electron chi connectivity index (χ0n) is 28.6. The highest BCUT2D eigenvalue weighted by atomic mass is 19.4. The van der Waals surface area contributed by atoms with Crippen LogP contribution in [0.4, 0.5) is 45.6 Å². The molecule has 0 spiro atoms. The standard InChI is InChI=1S/C35H40F3N9O4/c1-34(2,3)51-33(49)45-16-14-44(15-17-45)25-10-8-24(9-11-25)41-32(48)40-23-6-4-22(5-7-23)29-42-30(46-19-26-12-13-27(20-46)50-26)28-18-39-47(31(28)43-29)21-35(36,37)38/h4-11,18,26-27H,12-17,19-21H2,1-3H3,(H2,40,41,48). The zero-order chi connectivity index (χ0) is 35.9. The lowest BCUT2D eigenvalue weighted by Gasteiger charge is -2.36. The molecule has 0 saturated carbocycles. The van der Waals surface area contributed by atoms with Crippen molar-refractivity contribution in [3.8, 4) is 11.4 Å². The highest BCUT2D eigenvalue weighted by Gasteiger charge is 2.36. The molecule has 2 unspecified atom stereocenters. The van der Waals surface area contributed by atoms with Crippen molar-refractivity contribution in [2.45, 2.75) is 64.1 Å². The number of alkyl halides is 3. The summed E-state index contributed by atoms with van der Waals surface area (Å²) in [5, 5.41) is 10.1. The van der Waals surface area contributed by atoms with Crippen molar-refractivity contribution in [1.82, 2.24) is 24.6 Å². The number of benzene rings is 2. The molecule has 2 aromatic carbocycles. The minimum Gasteiger partial charge on any atom is -0.444 e. The highest BCUT2D eigenvalue weighted by molar-refractivity contribution is 6.00. The lowest BCUT2D eigenvalue weighted by molar-refractivity contribution is -0.141. The van der Waals surface area contributed by atoms with E-state index in [0.717, 1.165) is 23.2 Å². The third-order valence-corrected chi connectivity index (χ3v) is 8.97. The van der Waals surface area contributed by atoms with E-state index in [-0.39, 0.29) is 29.8 Å². The smallest absolute Gasteiger partial charge is 0.410 e. The number of ether oxygens (including phenoxy) is 2. The van der Waals surface area contributed by atoms with E-state index in [4.69, 9.17) is 14.5 Å². The number of anilines is 4. The fourth-order valence-corrected chi connectivity index (χ4v) is 6.61. The molecule has 3 amide bonds. The molecular formula is C35H40F3N9O4. The average molecular weight is 708 g/mol. The number of piperazine rings is 1. The number of fused-ring (bicyclic) bond motifs is 3. The van der Waals surface area contributed by atoms with Crippen molar-refractivity contribution < 1.29 is 32.2 Å². The summed E-state index contributed by atoms with van der Waals surface area (Å²) < 4.78 is 52.5. The first-order valence-corrected chi connectivity index (χ1v) is 17.0. The lowest BCUT2D eigenvalue weighted by Crippen LogP contribution is -2.50. The zero-order valence-corrected chi connectivity index (χ0v) is 28.6. The number of carbonyl (C=O) groups excluding carboxylic acids is 2. The van der Waals surface area contributed by atoms with Gasteiger partial charge in [0.15, 0.2) is 11.5 Å². The van der Waals surface area contributed by atoms with Crippen LogP contribution in [0.5, 0.6) is 0 Å². The third-order valence-electron chi connectivity index (χ3n) is 8.97. The molecule has 5 heterocycles. The predicted octanol–water partition coefficient (Wildman–Crippen LogP) is 6.12. The van der Waals surface area contributed by atoms with Gasteiger partial charge in [-0.05, 0) is 82.1 Å². The van der Waals surface area contributed by atoms with Crippen LogP contribution in [-0.2, 0) is 16.0 Å². The quantitative estimate of drug-likeness (QED) is 0.243. The van der Waals surface area contributed by atoms with Gasteiger partial charge in [0, 0.05) is 61.9 Å². The number of rotatable bonds is 6. The van der Waals surface area contributed by atoms with Gasteiger partial charge in [0.2, 0.25) is 0 Å². The van der Waals surface area contributed by atoms with Crippen LogP contribution in [0.2, 0.25) is 0 Å². The van der Waals surface area contributed by atoms with Crippen LogP contribution in [0.3, 0.4) is 0 Å². The van der Waals surface area contributed by atoms with Crippen LogP contribution in [0, 0.1) is 0 Å². The maximum absolute atomic E-state index is 13.4. The van der Waals surface area contributed by atoms with Gasteiger partial charge in [-0.15, -0.1) is 0 Å². The van der Waals surface area contributed by atoms with Gasteiger partial charge < -0.3 is 34.8 Å². The van der Waals surface area contributed by atoms with Crippen molar-refractivity contribution in [2.24, 2.45) is 0 Å². The van der Waals surface area contributed by atoms with Crippen LogP contribution in [0.1, 0.15) is 33.6 Å². The van der Waals surface area contributed by atoms with E-state index < -0.39 is 24.4 Å². The largest absolute Gasteiger partial charge is 0.444 e. The Bertz CT molecular complexity index is 1870. The summed E-state index contributed by atoms with van der Waals surface area (Å²) in [6.07, 6.45) is -1.44. The molecule has 51 heavy (non-hydrogen) atoms. The number of halogens is 3. The second-order valence-electron chi connectivity index (χ2n) is 14.0. The number of hydrogen-bond acceptors (Lipinski definition) is 9. The normalized spacial score (nSPS) is 19.4. The van der Waals surface area contributed by atoms with Crippen LogP contribution in [0.15, 0.2) is 54.7 Å². The monoisotopic (exact) mass is 707 g/mol. The summed E-state index contributed by atoms with van der Waals surface area (Å²) in [7, 11) is 0. The minimum absolute atomic E-state index is 0.0466. The molecule has 3 fully saturated rings. The van der Waals surface area contributed by atoms with Gasteiger partial charge in [0.1, 0.15) is 18.0 Å². The van der Waals surface area contributed by atoms with E-state index >= 15 is 0 Å². The topological polar surface area (TPSA) is 130 Å². The molecule has 4 aromatic rings. The number of urea groups is 1. The molecule has 2 atom stereocenters. The van der Waals surface area contributed by atoms with Gasteiger partial charge in [-0.3, -0.25) is 0 Å². The molecule has 2 aromatic heterocycles. The number of nitrogens with zero attached hydrogens (tertiary/aromatic N) is 7. The van der Waals surface area contributed by atoms with E-state index in [9.17, 15) is 22.8 Å². The van der Waals surface area contributed by atoms with E-state index in [1.807, 2.05) is 45.0 Å². The fraction of sp³-hybridized carbons (Fsp3) is 0.457. The van der Waals surface area contributed by atoms with Gasteiger partial charge in [-0.1, -0.05) is 0 Å². The van der Waals surface area contributed by atoms with E-state index in [1.165, 1.54) is 6.20 Å². The molecule has 7 rings (SSSR count). The second kappa shape index (κ2) is 13.5. The molecule has 0 radical (unpaired) electrons. The maximum atomic E-state index is 13.4. The summed E-state index contributed by atoms with van der Waals surface area (Å²) in [5.41, 5.74) is 2.21. The van der Waals surface area contributed by atoms with Gasteiger partial charge in [-0.2, -0.15) is 18.3 Å². The predicted molar refractivity (Wildman–Crippen MR) is 186 cm³/mol. The van der Waals surface area contributed by atoms with Gasteiger partial charge in [-0.25, -0.2) is 24.2 Å². The third kappa shape index (κ3) is 8.11. The molecule has 3 aliphatic rings. The van der Waals surface area contributed by atoms with E-state index in [1.54, 1.807) is 29.2 Å². The first kappa shape index (κ1) is 34.3. The number of aromatic nitrogens is 4. The minimum atomic E-state index is -4.47. The Kier molecular flexibility index (Phi) is 9.12. The Labute approximate surface area is 292 Å². The van der Waals surface area contributed by atoms with Crippen molar-refractivity contribution in [1.29, 1.82) is 0 Å². The summed E-state index contributed by atoms with van der Waals surface area (Å²) in [5.74, 6) is 0.780. The summed E-state index contributed by atoms with van der Waals surface area (Å²) in [6, 6.07) is 13.8. The van der Waals surface area contributed by atoms with Crippen LogP contribution < -0.4 is 20.4 Å². The maximum Gasteiger partial charge on any atom is 0.410 e. The molecule has 2 N–H and O–H groups in total. The molecule has 3 aliphatic heterocycles. The highest BCUT2D eigenvalue weighted by Crippen LogP contribution is 2.34. The van der Waals surface area contributed by atoms with Crippen LogP contribution in [0.25, 0.3) is 22.4 Å². The lowest BCUT2D eigenvalue weighted by atomic mass is 10.2. The van der Waals surface area contributed by atoms with Gasteiger partial charge >= 0.3 is 18.3 Å². The SMILES string of the molecule is CC(C)(C)OC(=O)N1CCN(c2ccc(NC(=O)Nc3ccc(-c4nc(N5CC6CCC(C5)O6)c5cnn(CC(F)(F)F)c5n4)cc3)cc2)CC1. The molecule has 0 aliphatic carbocycles. The first-order chi connectivity index (χ1) is 24.3. The van der Waals surface area contributed by atoms with Crippen molar-refractivity contribution >= 4 is 46.0 Å². The molecular weight excluding hydrogens is 667 g/mol. The number of hydrogen-bond donors (Lipinski definition) is 2. The Morgan fingerprint density at radius 3 is 2.06 bits per heavy atom. The number of amides is 3. The van der Waals surface area contributed by atoms with Crippen molar-refractivity contribution in [3.05, 3.63) is 54.7 Å². The van der Waals surface area contributed by atoms with Crippen LogP contribution in [-0.4, -0.2) is 100 Å².